The molecule has 0 saturated carbocycles. The minimum Gasteiger partial charge on any atom is -0.481 e. The van der Waals surface area contributed by atoms with E-state index in [0.717, 1.165) is 27.8 Å². The van der Waals surface area contributed by atoms with E-state index in [1.165, 1.54) is 0 Å². The summed E-state index contributed by atoms with van der Waals surface area (Å²) in [6.07, 6.45) is -0.112. The van der Waals surface area contributed by atoms with Crippen LogP contribution in [0.2, 0.25) is 0 Å². The zero-order valence-electron chi connectivity index (χ0n) is 20.2. The average molecular weight is 511 g/mol. The Morgan fingerprint density at radius 3 is 2.11 bits per heavy atom. The first kappa shape index (κ1) is 27.3. The van der Waals surface area contributed by atoms with Crippen molar-refractivity contribution >= 4 is 19.5 Å². The van der Waals surface area contributed by atoms with Crippen molar-refractivity contribution < 1.29 is 29.0 Å². The third-order valence-electron chi connectivity index (χ3n) is 6.00. The number of benzene rings is 3. The molecule has 5 N–H and O–H groups in total. The van der Waals surface area contributed by atoms with Gasteiger partial charge in [-0.1, -0.05) is 72.8 Å². The molecule has 190 valence electrons. The molecule has 1 amide bonds. The number of carboxylic acids is 1. The lowest BCUT2D eigenvalue weighted by atomic mass is 10.00. The minimum atomic E-state index is -4.71. The van der Waals surface area contributed by atoms with Crippen molar-refractivity contribution in [2.45, 2.75) is 38.5 Å². The summed E-state index contributed by atoms with van der Waals surface area (Å²) in [7, 11) is -4.71. The highest BCUT2D eigenvalue weighted by molar-refractivity contribution is 7.52. The van der Waals surface area contributed by atoms with E-state index in [2.05, 4.69) is 10.6 Å². The molecule has 3 aromatic rings. The summed E-state index contributed by atoms with van der Waals surface area (Å²) in [5, 5.41) is 14.3. The Labute approximate surface area is 210 Å². The van der Waals surface area contributed by atoms with Crippen molar-refractivity contribution in [1.29, 1.82) is 0 Å². The third-order valence-corrected chi connectivity index (χ3v) is 7.12. The van der Waals surface area contributed by atoms with E-state index in [1.807, 2.05) is 68.4 Å². The van der Waals surface area contributed by atoms with Crippen LogP contribution in [0, 0.1) is 13.8 Å². The number of carbonyl (C=O) groups excluding carboxylic acids is 1. The number of carbonyl (C=O) groups is 2. The largest absolute Gasteiger partial charge is 0.481 e. The second kappa shape index (κ2) is 12.1. The van der Waals surface area contributed by atoms with E-state index in [1.54, 1.807) is 18.2 Å². The predicted octanol–water partition coefficient (Wildman–Crippen LogP) is 3.94. The molecule has 3 rings (SSSR count). The van der Waals surface area contributed by atoms with E-state index in [4.69, 9.17) is 5.11 Å². The van der Waals surface area contributed by atoms with Gasteiger partial charge in [-0.25, -0.2) is 0 Å². The van der Waals surface area contributed by atoms with Crippen LogP contribution in [-0.4, -0.2) is 39.4 Å². The standard InChI is InChI=1S/C27H31N2O6P/c1-18-8-11-23(16-19(18)2)27(36(33,34)35)29-24(26(32)28-15-14-25(30)31)17-20-9-12-22(13-10-20)21-6-4-3-5-7-21/h3-13,16,24,27,29H,14-15,17H2,1-2H3,(H,28,32)(H,30,31)(H2,33,34,35). The maximum absolute atomic E-state index is 13.0. The van der Waals surface area contributed by atoms with Crippen LogP contribution in [0.15, 0.2) is 72.8 Å². The highest BCUT2D eigenvalue weighted by Gasteiger charge is 2.34. The van der Waals surface area contributed by atoms with Crippen molar-refractivity contribution in [2.24, 2.45) is 0 Å². The summed E-state index contributed by atoms with van der Waals surface area (Å²) >= 11 is 0. The van der Waals surface area contributed by atoms with Crippen LogP contribution < -0.4 is 10.6 Å². The molecule has 0 fully saturated rings. The molecule has 2 atom stereocenters. The van der Waals surface area contributed by atoms with E-state index >= 15 is 0 Å². The van der Waals surface area contributed by atoms with Gasteiger partial charge >= 0.3 is 13.6 Å². The molecule has 0 heterocycles. The first-order valence-corrected chi connectivity index (χ1v) is 13.2. The van der Waals surface area contributed by atoms with Crippen LogP contribution in [0.5, 0.6) is 0 Å². The smallest absolute Gasteiger partial charge is 0.346 e. The number of carboxylic acid groups (broad SMARTS) is 1. The molecule has 9 heteroatoms. The lowest BCUT2D eigenvalue weighted by Gasteiger charge is -2.27. The Kier molecular flexibility index (Phi) is 9.18. The topological polar surface area (TPSA) is 136 Å². The number of hydrogen-bond acceptors (Lipinski definition) is 4. The highest BCUT2D eigenvalue weighted by atomic mass is 31.2. The van der Waals surface area contributed by atoms with Gasteiger partial charge in [-0.15, -0.1) is 0 Å². The molecule has 8 nitrogen and oxygen atoms in total. The van der Waals surface area contributed by atoms with Crippen molar-refractivity contribution in [2.75, 3.05) is 6.54 Å². The summed E-state index contributed by atoms with van der Waals surface area (Å²) in [5.74, 6) is -3.00. The first-order valence-electron chi connectivity index (χ1n) is 11.6. The van der Waals surface area contributed by atoms with Crippen LogP contribution in [-0.2, 0) is 20.6 Å². The summed E-state index contributed by atoms with van der Waals surface area (Å²) in [6.45, 7) is 3.65. The summed E-state index contributed by atoms with van der Waals surface area (Å²) < 4.78 is 12.5. The Balaban J connectivity index is 1.87. The molecule has 36 heavy (non-hydrogen) atoms. The number of amides is 1. The van der Waals surface area contributed by atoms with Gasteiger partial charge in [-0.3, -0.25) is 19.5 Å². The van der Waals surface area contributed by atoms with Crippen molar-refractivity contribution in [3.63, 3.8) is 0 Å². The van der Waals surface area contributed by atoms with E-state index in [0.29, 0.717) is 5.56 Å². The quantitative estimate of drug-likeness (QED) is 0.247. The van der Waals surface area contributed by atoms with E-state index < -0.39 is 31.3 Å². The summed E-state index contributed by atoms with van der Waals surface area (Å²) in [4.78, 5) is 44.2. The van der Waals surface area contributed by atoms with Crippen LogP contribution in [0.3, 0.4) is 0 Å². The SMILES string of the molecule is Cc1ccc(C(NC(Cc2ccc(-c3ccccc3)cc2)C(=O)NCCC(=O)O)P(=O)(O)O)cc1C. The lowest BCUT2D eigenvalue weighted by molar-refractivity contribution is -0.137. The Morgan fingerprint density at radius 1 is 0.889 bits per heavy atom. The second-order valence-electron chi connectivity index (χ2n) is 8.76. The predicted molar refractivity (Wildman–Crippen MR) is 138 cm³/mol. The van der Waals surface area contributed by atoms with Crippen molar-refractivity contribution in [3.05, 3.63) is 95.1 Å². The average Bonchev–Trinajstić information content (AvgIpc) is 2.83. The molecule has 0 saturated heterocycles. The van der Waals surface area contributed by atoms with E-state index in [-0.39, 0.29) is 19.4 Å². The first-order chi connectivity index (χ1) is 17.0. The number of aliphatic carboxylic acids is 1. The molecule has 0 aliphatic heterocycles. The fourth-order valence-electron chi connectivity index (χ4n) is 3.86. The van der Waals surface area contributed by atoms with Gasteiger partial charge in [0.05, 0.1) is 12.5 Å². The maximum Gasteiger partial charge on any atom is 0.346 e. The van der Waals surface area contributed by atoms with Gasteiger partial charge in [0.2, 0.25) is 5.91 Å². The molecule has 2 unspecified atom stereocenters. The van der Waals surface area contributed by atoms with Crippen LogP contribution in [0.1, 0.15) is 34.5 Å². The number of aryl methyl sites for hydroxylation is 2. The lowest BCUT2D eigenvalue weighted by Crippen LogP contribution is -2.47. The minimum absolute atomic E-state index is 0.0937. The number of hydrogen-bond donors (Lipinski definition) is 5. The van der Waals surface area contributed by atoms with Gasteiger partial charge in [0.1, 0.15) is 5.78 Å². The highest BCUT2D eigenvalue weighted by Crippen LogP contribution is 2.50. The van der Waals surface area contributed by atoms with Crippen LogP contribution in [0.25, 0.3) is 11.1 Å². The Hall–Kier alpha value is -3.29. The molecular formula is C27H31N2O6P. The van der Waals surface area contributed by atoms with Gasteiger partial charge in [0.25, 0.3) is 0 Å². The van der Waals surface area contributed by atoms with Gasteiger partial charge in [-0.2, -0.15) is 0 Å². The zero-order valence-corrected chi connectivity index (χ0v) is 21.1. The molecule has 0 aromatic heterocycles. The van der Waals surface area contributed by atoms with Crippen LogP contribution in [0.4, 0.5) is 0 Å². The van der Waals surface area contributed by atoms with Gasteiger partial charge in [0.15, 0.2) is 0 Å². The van der Waals surface area contributed by atoms with E-state index in [9.17, 15) is 23.9 Å². The third kappa shape index (κ3) is 7.60. The summed E-state index contributed by atoms with van der Waals surface area (Å²) in [6, 6.07) is 21.5. The molecule has 3 aromatic carbocycles. The van der Waals surface area contributed by atoms with Gasteiger partial charge < -0.3 is 20.2 Å². The van der Waals surface area contributed by atoms with Gasteiger partial charge in [-0.05, 0) is 53.6 Å². The fourth-order valence-corrected chi connectivity index (χ4v) is 4.78. The molecule has 0 spiro atoms. The Morgan fingerprint density at radius 2 is 1.53 bits per heavy atom. The number of rotatable bonds is 11. The molecule has 0 radical (unpaired) electrons. The molecule has 0 bridgehead atoms. The van der Waals surface area contributed by atoms with Crippen molar-refractivity contribution in [3.8, 4) is 11.1 Å². The maximum atomic E-state index is 13.0. The monoisotopic (exact) mass is 510 g/mol. The van der Waals surface area contributed by atoms with Crippen LogP contribution >= 0.6 is 7.60 Å². The second-order valence-corrected chi connectivity index (χ2v) is 10.5. The fraction of sp³-hybridized carbons (Fsp3) is 0.259. The normalized spacial score (nSPS) is 13.1. The number of nitrogens with one attached hydrogen (secondary N) is 2. The molecule has 0 aliphatic carbocycles. The Bertz CT molecular complexity index is 1240. The molecular weight excluding hydrogens is 479 g/mol. The van der Waals surface area contributed by atoms with Gasteiger partial charge in [0, 0.05) is 6.54 Å². The molecule has 0 aliphatic rings. The zero-order chi connectivity index (χ0) is 26.3. The van der Waals surface area contributed by atoms with Crippen molar-refractivity contribution in [1.82, 2.24) is 10.6 Å². The summed E-state index contributed by atoms with van der Waals surface area (Å²) in [5.41, 5.74) is 5.04.